The van der Waals surface area contributed by atoms with E-state index in [9.17, 15) is 13.2 Å². The summed E-state index contributed by atoms with van der Waals surface area (Å²) in [5.74, 6) is 0. The monoisotopic (exact) mass is 256 g/mol. The summed E-state index contributed by atoms with van der Waals surface area (Å²) in [5.41, 5.74) is -0.457. The number of aromatic amines is 1. The summed E-state index contributed by atoms with van der Waals surface area (Å²) in [6.07, 6.45) is 5.44. The van der Waals surface area contributed by atoms with Crippen LogP contribution in [-0.4, -0.2) is 30.3 Å². The fourth-order valence-corrected chi connectivity index (χ4v) is 3.90. The largest absolute Gasteiger partial charge is 0.366 e. The van der Waals surface area contributed by atoms with Crippen molar-refractivity contribution in [3.8, 4) is 0 Å². The van der Waals surface area contributed by atoms with E-state index in [1.807, 2.05) is 6.92 Å². The minimum atomic E-state index is -3.65. The first-order valence-electron chi connectivity index (χ1n) is 5.72. The van der Waals surface area contributed by atoms with Crippen LogP contribution in [0.25, 0.3) is 0 Å². The molecule has 1 atom stereocenters. The summed E-state index contributed by atoms with van der Waals surface area (Å²) in [4.78, 5) is 14.1. The van der Waals surface area contributed by atoms with Gasteiger partial charge in [0.05, 0.1) is 0 Å². The normalized spacial score (nSPS) is 22.5. The number of rotatable bonds is 2. The highest BCUT2D eigenvalue weighted by atomic mass is 32.2. The Kier molecular flexibility index (Phi) is 3.35. The molecule has 1 N–H and O–H groups in total. The van der Waals surface area contributed by atoms with Gasteiger partial charge in [0.2, 0.25) is 15.5 Å². The molecule has 6 heteroatoms. The van der Waals surface area contributed by atoms with Crippen molar-refractivity contribution in [1.82, 2.24) is 9.29 Å². The Morgan fingerprint density at radius 3 is 2.82 bits per heavy atom. The highest BCUT2D eigenvalue weighted by molar-refractivity contribution is 7.89. The summed E-state index contributed by atoms with van der Waals surface area (Å²) in [5, 5.41) is 0. The molecule has 1 fully saturated rings. The maximum atomic E-state index is 12.3. The zero-order valence-corrected chi connectivity index (χ0v) is 10.5. The molecule has 2 heterocycles. The van der Waals surface area contributed by atoms with E-state index >= 15 is 0 Å². The lowest BCUT2D eigenvalue weighted by molar-refractivity contribution is 0.268. The van der Waals surface area contributed by atoms with Gasteiger partial charge in [-0.1, -0.05) is 6.42 Å². The lowest BCUT2D eigenvalue weighted by Crippen LogP contribution is -2.43. The van der Waals surface area contributed by atoms with Crippen molar-refractivity contribution in [2.75, 3.05) is 6.54 Å². The predicted octanol–water partition coefficient (Wildman–Crippen LogP) is 0.938. The number of pyridine rings is 1. The highest BCUT2D eigenvalue weighted by Crippen LogP contribution is 2.22. The summed E-state index contributed by atoms with van der Waals surface area (Å²) in [7, 11) is -3.65. The molecule has 1 aliphatic rings. The van der Waals surface area contributed by atoms with E-state index in [2.05, 4.69) is 4.98 Å². The third-order valence-corrected chi connectivity index (χ3v) is 5.15. The van der Waals surface area contributed by atoms with E-state index in [1.165, 1.54) is 22.8 Å². The SMILES string of the molecule is CC1CCCCN1S(=O)(=O)c1c[nH]ccc1=O. The van der Waals surface area contributed by atoms with Crippen LogP contribution in [0, 0.1) is 0 Å². The van der Waals surface area contributed by atoms with Crippen LogP contribution in [0.2, 0.25) is 0 Å². The molecule has 1 unspecified atom stereocenters. The van der Waals surface area contributed by atoms with Gasteiger partial charge in [0.15, 0.2) is 0 Å². The van der Waals surface area contributed by atoms with Crippen molar-refractivity contribution in [2.45, 2.75) is 37.1 Å². The Morgan fingerprint density at radius 1 is 1.41 bits per heavy atom. The van der Waals surface area contributed by atoms with Crippen LogP contribution in [0.5, 0.6) is 0 Å². The van der Waals surface area contributed by atoms with Gasteiger partial charge in [0.1, 0.15) is 4.90 Å². The Hall–Kier alpha value is -1.14. The third-order valence-electron chi connectivity index (χ3n) is 3.12. The number of hydrogen-bond donors (Lipinski definition) is 1. The first-order valence-corrected chi connectivity index (χ1v) is 7.16. The van der Waals surface area contributed by atoms with E-state index in [1.54, 1.807) is 0 Å². The van der Waals surface area contributed by atoms with E-state index < -0.39 is 15.5 Å². The summed E-state index contributed by atoms with van der Waals surface area (Å²) >= 11 is 0. The number of nitrogens with zero attached hydrogens (tertiary/aromatic N) is 1. The number of hydrogen-bond acceptors (Lipinski definition) is 3. The molecule has 0 aliphatic carbocycles. The van der Waals surface area contributed by atoms with Crippen LogP contribution in [0.3, 0.4) is 0 Å². The maximum absolute atomic E-state index is 12.3. The zero-order valence-electron chi connectivity index (χ0n) is 9.72. The fourth-order valence-electron chi connectivity index (χ4n) is 2.16. The Balaban J connectivity index is 2.43. The predicted molar refractivity (Wildman–Crippen MR) is 64.3 cm³/mol. The van der Waals surface area contributed by atoms with Gasteiger partial charge in [-0.2, -0.15) is 4.31 Å². The quantitative estimate of drug-likeness (QED) is 0.856. The van der Waals surface area contributed by atoms with Gasteiger partial charge < -0.3 is 4.98 Å². The second-order valence-corrected chi connectivity index (χ2v) is 6.19. The smallest absolute Gasteiger partial charge is 0.248 e. The van der Waals surface area contributed by atoms with Crippen LogP contribution in [0.4, 0.5) is 0 Å². The van der Waals surface area contributed by atoms with Gasteiger partial charge in [-0.3, -0.25) is 4.79 Å². The van der Waals surface area contributed by atoms with Crippen molar-refractivity contribution >= 4 is 10.0 Å². The van der Waals surface area contributed by atoms with Gasteiger partial charge in [0, 0.05) is 31.0 Å². The van der Waals surface area contributed by atoms with Gasteiger partial charge in [-0.15, -0.1) is 0 Å². The van der Waals surface area contributed by atoms with Crippen LogP contribution in [0.1, 0.15) is 26.2 Å². The Bertz CT molecular complexity index is 550. The molecule has 1 aromatic heterocycles. The first-order chi connectivity index (χ1) is 8.03. The van der Waals surface area contributed by atoms with Crippen molar-refractivity contribution < 1.29 is 8.42 Å². The van der Waals surface area contributed by atoms with Crippen molar-refractivity contribution in [3.63, 3.8) is 0 Å². The van der Waals surface area contributed by atoms with E-state index in [-0.39, 0.29) is 10.9 Å². The number of nitrogens with one attached hydrogen (secondary N) is 1. The molecular formula is C11H16N2O3S. The summed E-state index contributed by atoms with van der Waals surface area (Å²) in [6.45, 7) is 2.38. The number of piperidine rings is 1. The molecule has 0 spiro atoms. The van der Waals surface area contributed by atoms with Crippen molar-refractivity contribution in [3.05, 3.63) is 28.7 Å². The third kappa shape index (κ3) is 2.28. The van der Waals surface area contributed by atoms with E-state index in [0.717, 1.165) is 19.3 Å². The molecule has 0 bridgehead atoms. The second kappa shape index (κ2) is 4.62. The molecule has 0 amide bonds. The van der Waals surface area contributed by atoms with Crippen LogP contribution in [0.15, 0.2) is 28.2 Å². The molecule has 17 heavy (non-hydrogen) atoms. The average Bonchev–Trinajstić information content (AvgIpc) is 2.29. The minimum Gasteiger partial charge on any atom is -0.366 e. The molecule has 5 nitrogen and oxygen atoms in total. The van der Waals surface area contributed by atoms with Crippen molar-refractivity contribution in [2.24, 2.45) is 0 Å². The summed E-state index contributed by atoms with van der Waals surface area (Å²) in [6, 6.07) is 1.20. The molecule has 0 radical (unpaired) electrons. The molecule has 2 rings (SSSR count). The van der Waals surface area contributed by atoms with E-state index in [0.29, 0.717) is 6.54 Å². The highest BCUT2D eigenvalue weighted by Gasteiger charge is 2.32. The first kappa shape index (κ1) is 12.3. The number of aromatic nitrogens is 1. The van der Waals surface area contributed by atoms with Gasteiger partial charge in [0.25, 0.3) is 0 Å². The van der Waals surface area contributed by atoms with Crippen LogP contribution in [-0.2, 0) is 10.0 Å². The standard InChI is InChI=1S/C11H16N2O3S/c1-9-4-2-3-7-13(9)17(15,16)11-8-12-6-5-10(11)14/h5-6,8-9H,2-4,7H2,1H3,(H,12,14). The van der Waals surface area contributed by atoms with Gasteiger partial charge >= 0.3 is 0 Å². The fraction of sp³-hybridized carbons (Fsp3) is 0.545. The molecule has 1 aromatic rings. The lowest BCUT2D eigenvalue weighted by Gasteiger charge is -2.31. The molecule has 94 valence electrons. The Morgan fingerprint density at radius 2 is 2.18 bits per heavy atom. The molecule has 1 aliphatic heterocycles. The van der Waals surface area contributed by atoms with Gasteiger partial charge in [-0.25, -0.2) is 8.42 Å². The molecule has 1 saturated heterocycles. The summed E-state index contributed by atoms with van der Waals surface area (Å²) < 4.78 is 26.1. The average molecular weight is 256 g/mol. The number of sulfonamides is 1. The van der Waals surface area contributed by atoms with E-state index in [4.69, 9.17) is 0 Å². The maximum Gasteiger partial charge on any atom is 0.248 e. The Labute approximate surface area is 101 Å². The van der Waals surface area contributed by atoms with Crippen LogP contribution >= 0.6 is 0 Å². The minimum absolute atomic E-state index is 0.0339. The van der Waals surface area contributed by atoms with Gasteiger partial charge in [-0.05, 0) is 19.8 Å². The number of H-pyrrole nitrogens is 1. The lowest BCUT2D eigenvalue weighted by atomic mass is 10.1. The zero-order chi connectivity index (χ0) is 12.5. The van der Waals surface area contributed by atoms with Crippen molar-refractivity contribution in [1.29, 1.82) is 0 Å². The van der Waals surface area contributed by atoms with Crippen LogP contribution < -0.4 is 5.43 Å². The second-order valence-electron chi connectivity index (χ2n) is 4.33. The molecular weight excluding hydrogens is 240 g/mol. The topological polar surface area (TPSA) is 70.2 Å². The molecule has 0 saturated carbocycles. The molecule has 0 aromatic carbocycles.